The van der Waals surface area contributed by atoms with Crippen LogP contribution in [-0.2, 0) is 17.5 Å². The van der Waals surface area contributed by atoms with Crippen LogP contribution in [0.1, 0.15) is 27.9 Å². The number of nitrogens with zero attached hydrogens (tertiary/aromatic N) is 2. The van der Waals surface area contributed by atoms with Crippen LogP contribution in [0.4, 0.5) is 24.0 Å². The van der Waals surface area contributed by atoms with E-state index in [1.165, 1.54) is 23.5 Å². The normalized spacial score (nSPS) is 11.3. The Bertz CT molecular complexity index is 1410. The Morgan fingerprint density at radius 2 is 1.63 bits per heavy atom. The van der Waals surface area contributed by atoms with Crippen LogP contribution in [-0.4, -0.2) is 28.5 Å². The molecule has 11 heteroatoms. The van der Waals surface area contributed by atoms with Crippen LogP contribution in [0.25, 0.3) is 11.3 Å². The summed E-state index contributed by atoms with van der Waals surface area (Å²) in [5.41, 5.74) is 2.46. The van der Waals surface area contributed by atoms with Crippen LogP contribution < -0.4 is 10.2 Å². The van der Waals surface area contributed by atoms with Crippen molar-refractivity contribution in [3.05, 3.63) is 99.9 Å². The molecule has 0 aliphatic carbocycles. The molecule has 0 aliphatic rings. The Morgan fingerprint density at radius 1 is 0.974 bits per heavy atom. The molecule has 4 rings (SSSR count). The van der Waals surface area contributed by atoms with Gasteiger partial charge in [0, 0.05) is 33.8 Å². The van der Waals surface area contributed by atoms with Gasteiger partial charge in [0.2, 0.25) is 0 Å². The van der Waals surface area contributed by atoms with E-state index in [1.807, 2.05) is 17.0 Å². The van der Waals surface area contributed by atoms with Crippen molar-refractivity contribution in [2.75, 3.05) is 11.4 Å². The van der Waals surface area contributed by atoms with Crippen LogP contribution in [0.5, 0.6) is 0 Å². The first-order valence-corrected chi connectivity index (χ1v) is 12.6. The number of carboxylic acids is 1. The zero-order chi connectivity index (χ0) is 27.3. The fraction of sp³-hybridized carbons (Fsp3) is 0.148. The summed E-state index contributed by atoms with van der Waals surface area (Å²) in [6, 6.07) is 18.9. The lowest BCUT2D eigenvalue weighted by Gasteiger charge is -2.22. The highest BCUT2D eigenvalue weighted by molar-refractivity contribution is 7.14. The number of rotatable bonds is 9. The van der Waals surface area contributed by atoms with Crippen molar-refractivity contribution in [1.82, 2.24) is 10.3 Å². The van der Waals surface area contributed by atoms with E-state index in [1.54, 1.807) is 41.8 Å². The molecule has 0 bridgehead atoms. The summed E-state index contributed by atoms with van der Waals surface area (Å²) in [6.07, 6.45) is -4.58. The Morgan fingerprint density at radius 3 is 2.24 bits per heavy atom. The number of anilines is 2. The second-order valence-electron chi connectivity index (χ2n) is 8.25. The van der Waals surface area contributed by atoms with E-state index >= 15 is 0 Å². The molecule has 6 nitrogen and oxygen atoms in total. The minimum absolute atomic E-state index is 0.0333. The molecule has 0 saturated heterocycles. The topological polar surface area (TPSA) is 82.5 Å². The van der Waals surface area contributed by atoms with Crippen molar-refractivity contribution in [2.24, 2.45) is 0 Å². The Balaban J connectivity index is 1.56. The maximum absolute atomic E-state index is 12.9. The molecular formula is C27H21ClF3N3O3S. The van der Waals surface area contributed by atoms with Gasteiger partial charge in [-0.15, -0.1) is 11.3 Å². The molecule has 0 radical (unpaired) electrons. The molecule has 0 saturated carbocycles. The number of carboxylic acid groups (broad SMARTS) is 1. The summed E-state index contributed by atoms with van der Waals surface area (Å²) in [4.78, 5) is 29.5. The van der Waals surface area contributed by atoms with E-state index in [4.69, 9.17) is 16.7 Å². The first kappa shape index (κ1) is 27.2. The van der Waals surface area contributed by atoms with Crippen molar-refractivity contribution in [2.45, 2.75) is 19.1 Å². The number of amides is 1. The average molecular weight is 560 g/mol. The van der Waals surface area contributed by atoms with E-state index in [-0.39, 0.29) is 18.9 Å². The number of hydrogen-bond donors (Lipinski definition) is 2. The number of aliphatic carboxylic acids is 1. The number of benzene rings is 3. The van der Waals surface area contributed by atoms with Gasteiger partial charge in [0.05, 0.1) is 24.2 Å². The highest BCUT2D eigenvalue weighted by Crippen LogP contribution is 2.35. The van der Waals surface area contributed by atoms with Gasteiger partial charge >= 0.3 is 12.1 Å². The standard InChI is InChI=1S/C27H21ClF3N3O3S/c28-21-9-11-22(12-10-21)34(15-17-1-3-19(4-2-17)25(37)32-14-13-24(35)36)26-33-23(16-38-26)18-5-7-20(8-6-18)27(29,30)31/h1-12,16H,13-15H2,(H,32,37)(H,35,36). The fourth-order valence-corrected chi connectivity index (χ4v) is 4.55. The minimum Gasteiger partial charge on any atom is -0.481 e. The summed E-state index contributed by atoms with van der Waals surface area (Å²) in [5, 5.41) is 14.3. The van der Waals surface area contributed by atoms with Gasteiger partial charge in [0.1, 0.15) is 0 Å². The average Bonchev–Trinajstić information content (AvgIpc) is 3.38. The van der Waals surface area contributed by atoms with Gasteiger partial charge < -0.3 is 15.3 Å². The molecule has 0 unspecified atom stereocenters. The maximum atomic E-state index is 12.9. The van der Waals surface area contributed by atoms with E-state index in [0.29, 0.717) is 33.5 Å². The van der Waals surface area contributed by atoms with Crippen LogP contribution >= 0.6 is 22.9 Å². The third-order valence-electron chi connectivity index (χ3n) is 5.55. The van der Waals surface area contributed by atoms with Gasteiger partial charge in [-0.05, 0) is 54.1 Å². The van der Waals surface area contributed by atoms with Crippen molar-refractivity contribution in [3.8, 4) is 11.3 Å². The lowest BCUT2D eigenvalue weighted by atomic mass is 10.1. The van der Waals surface area contributed by atoms with Crippen LogP contribution in [0.2, 0.25) is 5.02 Å². The van der Waals surface area contributed by atoms with Gasteiger partial charge in [0.15, 0.2) is 5.13 Å². The fourth-order valence-electron chi connectivity index (χ4n) is 3.57. The largest absolute Gasteiger partial charge is 0.481 e. The van der Waals surface area contributed by atoms with Crippen LogP contribution in [0.3, 0.4) is 0 Å². The Hall–Kier alpha value is -3.89. The van der Waals surface area contributed by atoms with Crippen molar-refractivity contribution >= 4 is 45.6 Å². The first-order valence-electron chi connectivity index (χ1n) is 11.4. The molecule has 38 heavy (non-hydrogen) atoms. The summed E-state index contributed by atoms with van der Waals surface area (Å²) in [6.45, 7) is 0.425. The molecule has 1 amide bonds. The second kappa shape index (κ2) is 11.7. The molecule has 0 fully saturated rings. The smallest absolute Gasteiger partial charge is 0.416 e. The number of halogens is 4. The predicted octanol–water partition coefficient (Wildman–Crippen LogP) is 7.03. The van der Waals surface area contributed by atoms with Gasteiger partial charge in [-0.25, -0.2) is 4.98 Å². The summed E-state index contributed by atoms with van der Waals surface area (Å²) >= 11 is 7.42. The molecule has 3 aromatic carbocycles. The van der Waals surface area contributed by atoms with Gasteiger partial charge in [-0.2, -0.15) is 13.2 Å². The molecule has 0 spiro atoms. The van der Waals surface area contributed by atoms with Crippen molar-refractivity contribution in [1.29, 1.82) is 0 Å². The monoisotopic (exact) mass is 559 g/mol. The molecule has 4 aromatic rings. The van der Waals surface area contributed by atoms with Crippen LogP contribution in [0.15, 0.2) is 78.2 Å². The lowest BCUT2D eigenvalue weighted by Crippen LogP contribution is -2.26. The zero-order valence-electron chi connectivity index (χ0n) is 19.7. The molecule has 0 atom stereocenters. The quantitative estimate of drug-likeness (QED) is 0.230. The summed E-state index contributed by atoms with van der Waals surface area (Å²) in [5.74, 6) is -1.36. The first-order chi connectivity index (χ1) is 18.1. The Labute approximate surface area is 225 Å². The highest BCUT2D eigenvalue weighted by atomic mass is 35.5. The summed E-state index contributed by atoms with van der Waals surface area (Å²) < 4.78 is 38.8. The number of carbonyl (C=O) groups is 2. The minimum atomic E-state index is -4.41. The number of hydrogen-bond acceptors (Lipinski definition) is 5. The van der Waals surface area contributed by atoms with Crippen LogP contribution in [0, 0.1) is 0 Å². The molecular weight excluding hydrogens is 539 g/mol. The molecule has 2 N–H and O–H groups in total. The summed E-state index contributed by atoms with van der Waals surface area (Å²) in [7, 11) is 0. The third-order valence-corrected chi connectivity index (χ3v) is 6.67. The number of aromatic nitrogens is 1. The van der Waals surface area contributed by atoms with Gasteiger partial charge in [-0.3, -0.25) is 9.59 Å². The zero-order valence-corrected chi connectivity index (χ0v) is 21.3. The van der Waals surface area contributed by atoms with Crippen molar-refractivity contribution < 1.29 is 27.9 Å². The Kier molecular flexibility index (Phi) is 8.33. The van der Waals surface area contributed by atoms with Gasteiger partial charge in [-0.1, -0.05) is 35.9 Å². The number of nitrogens with one attached hydrogen (secondary N) is 1. The maximum Gasteiger partial charge on any atom is 0.416 e. The number of thiazole rings is 1. The molecule has 196 valence electrons. The van der Waals surface area contributed by atoms with E-state index in [2.05, 4.69) is 10.3 Å². The second-order valence-corrected chi connectivity index (χ2v) is 9.52. The van der Waals surface area contributed by atoms with E-state index in [0.717, 1.165) is 23.4 Å². The van der Waals surface area contributed by atoms with Gasteiger partial charge in [0.25, 0.3) is 5.91 Å². The molecule has 1 heterocycles. The molecule has 1 aromatic heterocycles. The molecule has 0 aliphatic heterocycles. The number of carbonyl (C=O) groups excluding carboxylic acids is 1. The number of alkyl halides is 3. The van der Waals surface area contributed by atoms with Crippen molar-refractivity contribution in [3.63, 3.8) is 0 Å². The third kappa shape index (κ3) is 6.90. The van der Waals surface area contributed by atoms with E-state index < -0.39 is 17.7 Å². The predicted molar refractivity (Wildman–Crippen MR) is 141 cm³/mol. The SMILES string of the molecule is O=C(O)CCNC(=O)c1ccc(CN(c2ccc(Cl)cc2)c2nc(-c3ccc(C(F)(F)F)cc3)cs2)cc1. The van der Waals surface area contributed by atoms with E-state index in [9.17, 15) is 22.8 Å². The lowest BCUT2D eigenvalue weighted by molar-refractivity contribution is -0.138. The highest BCUT2D eigenvalue weighted by Gasteiger charge is 2.30.